The van der Waals surface area contributed by atoms with Gasteiger partial charge in [0.25, 0.3) is 0 Å². The summed E-state index contributed by atoms with van der Waals surface area (Å²) in [6.45, 7) is 1.48. The van der Waals surface area contributed by atoms with Crippen molar-refractivity contribution in [3.05, 3.63) is 60.5 Å². The predicted molar refractivity (Wildman–Crippen MR) is 95.6 cm³/mol. The third-order valence-electron chi connectivity index (χ3n) is 3.12. The average molecular weight is 324 g/mol. The van der Waals surface area contributed by atoms with Gasteiger partial charge in [-0.25, -0.2) is 9.97 Å². The number of benzene rings is 1. The molecule has 1 aromatic heterocycles. The quantitative estimate of drug-likeness (QED) is 0.895. The van der Waals surface area contributed by atoms with E-state index in [1.165, 1.54) is 11.8 Å². The zero-order valence-corrected chi connectivity index (χ0v) is 13.4. The molecule has 23 heavy (non-hydrogen) atoms. The van der Waals surface area contributed by atoms with Gasteiger partial charge in [-0.1, -0.05) is 12.2 Å². The summed E-state index contributed by atoms with van der Waals surface area (Å²) >= 11 is 1.77. The molecule has 1 amide bonds. The number of nitrogens with one attached hydrogen (secondary N) is 2. The van der Waals surface area contributed by atoms with Gasteiger partial charge in [-0.3, -0.25) is 4.79 Å². The standard InChI is InChI=1S/C17H16N4OS/c1-12(22)20-14-5-7-15(8-6-14)21-17-18-10-13(11-19-17)16-4-2-3-9-23-16/h2-8,10-11H,9H2,1H3,(H,20,22)(H,18,19,21). The minimum Gasteiger partial charge on any atom is -0.326 e. The topological polar surface area (TPSA) is 66.9 Å². The largest absolute Gasteiger partial charge is 0.326 e. The Balaban J connectivity index is 1.67. The molecule has 0 radical (unpaired) electrons. The van der Waals surface area contributed by atoms with Crippen LogP contribution in [0.1, 0.15) is 12.5 Å². The third kappa shape index (κ3) is 4.20. The Morgan fingerprint density at radius 1 is 1.13 bits per heavy atom. The normalized spacial score (nSPS) is 13.3. The number of amides is 1. The van der Waals surface area contributed by atoms with Crippen LogP contribution in [0.5, 0.6) is 0 Å². The van der Waals surface area contributed by atoms with Crippen LogP contribution in [0.4, 0.5) is 17.3 Å². The van der Waals surface area contributed by atoms with Gasteiger partial charge in [0.2, 0.25) is 11.9 Å². The molecule has 1 aliphatic heterocycles. The van der Waals surface area contributed by atoms with Gasteiger partial charge in [-0.05, 0) is 30.3 Å². The van der Waals surface area contributed by atoms with Crippen molar-refractivity contribution in [3.8, 4) is 0 Å². The fourth-order valence-electron chi connectivity index (χ4n) is 2.07. The van der Waals surface area contributed by atoms with Crippen LogP contribution < -0.4 is 10.6 Å². The fraction of sp³-hybridized carbons (Fsp3) is 0.118. The van der Waals surface area contributed by atoms with Crippen molar-refractivity contribution in [2.24, 2.45) is 0 Å². The molecule has 2 aromatic rings. The minimum absolute atomic E-state index is 0.0886. The number of carbonyl (C=O) groups is 1. The summed E-state index contributed by atoms with van der Waals surface area (Å²) < 4.78 is 0. The van der Waals surface area contributed by atoms with Gasteiger partial charge >= 0.3 is 0 Å². The van der Waals surface area contributed by atoms with Crippen molar-refractivity contribution in [2.75, 3.05) is 16.4 Å². The van der Waals surface area contributed by atoms with Crippen LogP contribution in [0.2, 0.25) is 0 Å². The Kier molecular flexibility index (Phi) is 4.73. The van der Waals surface area contributed by atoms with E-state index in [0.717, 1.165) is 22.7 Å². The van der Waals surface area contributed by atoms with E-state index in [9.17, 15) is 4.79 Å². The third-order valence-corrected chi connectivity index (χ3v) is 4.16. The first-order chi connectivity index (χ1) is 11.2. The van der Waals surface area contributed by atoms with Crippen molar-refractivity contribution in [1.29, 1.82) is 0 Å². The molecule has 2 heterocycles. The van der Waals surface area contributed by atoms with Gasteiger partial charge in [-0.2, -0.15) is 0 Å². The fourth-order valence-corrected chi connectivity index (χ4v) is 2.90. The van der Waals surface area contributed by atoms with Crippen molar-refractivity contribution in [3.63, 3.8) is 0 Å². The monoisotopic (exact) mass is 324 g/mol. The average Bonchev–Trinajstić information content (AvgIpc) is 2.58. The smallest absolute Gasteiger partial charge is 0.227 e. The number of hydrogen-bond acceptors (Lipinski definition) is 5. The molecule has 6 heteroatoms. The molecule has 0 aliphatic carbocycles. The Hall–Kier alpha value is -2.60. The van der Waals surface area contributed by atoms with Gasteiger partial charge in [-0.15, -0.1) is 11.8 Å². The number of allylic oxidation sites excluding steroid dienone is 2. The van der Waals surface area contributed by atoms with E-state index in [1.54, 1.807) is 11.8 Å². The molecule has 0 fully saturated rings. The molecule has 0 atom stereocenters. The van der Waals surface area contributed by atoms with Gasteiger partial charge in [0.15, 0.2) is 0 Å². The Bertz CT molecular complexity index is 751. The maximum absolute atomic E-state index is 11.0. The Morgan fingerprint density at radius 3 is 2.43 bits per heavy atom. The van der Waals surface area contributed by atoms with Crippen LogP contribution in [0.15, 0.2) is 54.9 Å². The van der Waals surface area contributed by atoms with E-state index in [2.05, 4.69) is 38.8 Å². The van der Waals surface area contributed by atoms with Crippen molar-refractivity contribution < 1.29 is 4.79 Å². The summed E-state index contributed by atoms with van der Waals surface area (Å²) in [4.78, 5) is 20.9. The predicted octanol–water partition coefficient (Wildman–Crippen LogP) is 3.82. The number of thioether (sulfide) groups is 1. The van der Waals surface area contributed by atoms with E-state index in [4.69, 9.17) is 0 Å². The van der Waals surface area contributed by atoms with Gasteiger partial charge < -0.3 is 10.6 Å². The summed E-state index contributed by atoms with van der Waals surface area (Å²) in [5.41, 5.74) is 2.64. The highest BCUT2D eigenvalue weighted by Gasteiger charge is 2.06. The molecular formula is C17H16N4OS. The summed E-state index contributed by atoms with van der Waals surface area (Å²) in [7, 11) is 0. The second-order valence-electron chi connectivity index (χ2n) is 4.95. The molecule has 0 spiro atoms. The lowest BCUT2D eigenvalue weighted by Gasteiger charge is -2.09. The second-order valence-corrected chi connectivity index (χ2v) is 6.01. The lowest BCUT2D eigenvalue weighted by molar-refractivity contribution is -0.114. The number of rotatable bonds is 4. The second kappa shape index (κ2) is 7.11. The highest BCUT2D eigenvalue weighted by atomic mass is 32.2. The number of anilines is 3. The molecule has 1 aliphatic rings. The zero-order chi connectivity index (χ0) is 16.1. The molecule has 2 N–H and O–H groups in total. The molecule has 0 saturated carbocycles. The van der Waals surface area contributed by atoms with Crippen LogP contribution in [-0.4, -0.2) is 21.6 Å². The Labute approximate surface area is 138 Å². The van der Waals surface area contributed by atoms with Crippen LogP contribution in [0, 0.1) is 0 Å². The van der Waals surface area contributed by atoms with Crippen molar-refractivity contribution in [2.45, 2.75) is 6.92 Å². The molecule has 5 nitrogen and oxygen atoms in total. The molecule has 3 rings (SSSR count). The molecule has 1 aromatic carbocycles. The van der Waals surface area contributed by atoms with Crippen LogP contribution in [0.3, 0.4) is 0 Å². The van der Waals surface area contributed by atoms with E-state index in [1.807, 2.05) is 36.7 Å². The first kappa shape index (κ1) is 15.3. The van der Waals surface area contributed by atoms with Crippen LogP contribution >= 0.6 is 11.8 Å². The highest BCUT2D eigenvalue weighted by molar-refractivity contribution is 8.08. The van der Waals surface area contributed by atoms with E-state index >= 15 is 0 Å². The van der Waals surface area contributed by atoms with E-state index in [-0.39, 0.29) is 5.91 Å². The first-order valence-electron chi connectivity index (χ1n) is 7.17. The first-order valence-corrected chi connectivity index (χ1v) is 8.16. The number of aromatic nitrogens is 2. The lowest BCUT2D eigenvalue weighted by atomic mass is 10.2. The molecular weight excluding hydrogens is 308 g/mol. The zero-order valence-electron chi connectivity index (χ0n) is 12.6. The van der Waals surface area contributed by atoms with E-state index < -0.39 is 0 Å². The summed E-state index contributed by atoms with van der Waals surface area (Å²) in [6.07, 6.45) is 9.88. The SMILES string of the molecule is CC(=O)Nc1ccc(Nc2ncc(C3=CC=CCS3)cn2)cc1. The summed E-state index contributed by atoms with van der Waals surface area (Å²) in [5.74, 6) is 1.43. The van der Waals surface area contributed by atoms with E-state index in [0.29, 0.717) is 5.95 Å². The highest BCUT2D eigenvalue weighted by Crippen LogP contribution is 2.29. The van der Waals surface area contributed by atoms with Crippen molar-refractivity contribution >= 4 is 39.9 Å². The number of hydrogen-bond donors (Lipinski definition) is 2. The molecule has 0 saturated heterocycles. The lowest BCUT2D eigenvalue weighted by Crippen LogP contribution is -2.05. The van der Waals surface area contributed by atoms with Gasteiger partial charge in [0.05, 0.1) is 0 Å². The Morgan fingerprint density at radius 2 is 1.83 bits per heavy atom. The van der Waals surface area contributed by atoms with Crippen molar-refractivity contribution in [1.82, 2.24) is 9.97 Å². The number of carbonyl (C=O) groups excluding carboxylic acids is 1. The van der Waals surface area contributed by atoms with Crippen LogP contribution in [-0.2, 0) is 4.79 Å². The van der Waals surface area contributed by atoms with Gasteiger partial charge in [0, 0.05) is 46.9 Å². The summed E-state index contributed by atoms with van der Waals surface area (Å²) in [6, 6.07) is 7.39. The summed E-state index contributed by atoms with van der Waals surface area (Å²) in [5, 5.41) is 5.87. The maximum Gasteiger partial charge on any atom is 0.227 e. The minimum atomic E-state index is -0.0886. The molecule has 0 bridgehead atoms. The van der Waals surface area contributed by atoms with Gasteiger partial charge in [0.1, 0.15) is 0 Å². The maximum atomic E-state index is 11.0. The molecule has 116 valence electrons. The molecule has 0 unspecified atom stereocenters. The van der Waals surface area contributed by atoms with Crippen LogP contribution in [0.25, 0.3) is 4.91 Å². The number of nitrogens with zero attached hydrogens (tertiary/aromatic N) is 2.